The van der Waals surface area contributed by atoms with Gasteiger partial charge in [0.1, 0.15) is 58.8 Å². The highest BCUT2D eigenvalue weighted by Gasteiger charge is 2.52. The highest BCUT2D eigenvalue weighted by molar-refractivity contribution is 7.20. The summed E-state index contributed by atoms with van der Waals surface area (Å²) >= 11 is 0. The molecular formula is C40H13BF20N2O3. The SMILES string of the molecule is Fc1c(F)c(F)c([B-](c2c(F)c(F)c(F)c(F)c2F)(c2c(F)c(F)c(F)c(F)c2F)c2c(F)c(F)c(F)c(F)c2F)c(F)c1F.N#CCOC(=O)c1cc[n+](CC(=O)c2ccccc2)cc1. The number of ether oxygens (including phenoxy) is 1. The van der Waals surface area contributed by atoms with Gasteiger partial charge in [-0.1, -0.05) is 30.3 Å². The predicted octanol–water partition coefficient (Wildman–Crippen LogP) is 7.38. The molecule has 26 heteroatoms. The van der Waals surface area contributed by atoms with E-state index in [4.69, 9.17) is 10.00 Å². The van der Waals surface area contributed by atoms with Gasteiger partial charge in [0, 0.05) is 17.7 Å². The molecule has 0 unspecified atom stereocenters. The summed E-state index contributed by atoms with van der Waals surface area (Å²) < 4.78 is 300. The van der Waals surface area contributed by atoms with Crippen molar-refractivity contribution in [3.63, 3.8) is 0 Å². The Morgan fingerprint density at radius 1 is 0.424 bits per heavy atom. The van der Waals surface area contributed by atoms with Crippen molar-refractivity contribution >= 4 is 39.7 Å². The minimum atomic E-state index is -7.22. The number of nitriles is 1. The average molecular weight is 960 g/mol. The summed E-state index contributed by atoms with van der Waals surface area (Å²) in [6, 6.07) is 13.8. The van der Waals surface area contributed by atoms with E-state index in [1.807, 2.05) is 18.2 Å². The van der Waals surface area contributed by atoms with E-state index in [1.54, 1.807) is 47.3 Å². The van der Waals surface area contributed by atoms with Gasteiger partial charge in [0.15, 0.2) is 88.8 Å². The third-order valence-corrected chi connectivity index (χ3v) is 9.52. The zero-order chi connectivity index (χ0) is 49.4. The van der Waals surface area contributed by atoms with Crippen LogP contribution in [-0.4, -0.2) is 24.5 Å². The summed E-state index contributed by atoms with van der Waals surface area (Å²) in [5.41, 5.74) is -13.3. The first-order valence-electron chi connectivity index (χ1n) is 17.3. The van der Waals surface area contributed by atoms with Crippen molar-refractivity contribution in [2.45, 2.75) is 6.54 Å². The van der Waals surface area contributed by atoms with Gasteiger partial charge in [-0.15, -0.1) is 21.9 Å². The molecule has 0 spiro atoms. The van der Waals surface area contributed by atoms with Crippen LogP contribution < -0.4 is 26.4 Å². The average Bonchev–Trinajstić information content (AvgIpc) is 3.31. The Labute approximate surface area is 353 Å². The second-order valence-corrected chi connectivity index (χ2v) is 13.1. The van der Waals surface area contributed by atoms with Crippen LogP contribution in [0.5, 0.6) is 0 Å². The molecule has 0 aliphatic carbocycles. The number of aromatic nitrogens is 1. The molecule has 0 N–H and O–H groups in total. The number of Topliss-reactive ketones (excluding diaryl/α,β-unsaturated/α-hetero) is 1. The summed E-state index contributed by atoms with van der Waals surface area (Å²) in [7, 11) is 0. The van der Waals surface area contributed by atoms with Crippen LogP contribution in [-0.2, 0) is 11.3 Å². The van der Waals surface area contributed by atoms with Gasteiger partial charge < -0.3 is 4.74 Å². The number of pyridine rings is 1. The number of rotatable bonds is 9. The Balaban J connectivity index is 0.000000324. The van der Waals surface area contributed by atoms with Crippen molar-refractivity contribution in [3.8, 4) is 6.07 Å². The highest BCUT2D eigenvalue weighted by atomic mass is 19.2. The van der Waals surface area contributed by atoms with Crippen LogP contribution in [0.25, 0.3) is 0 Å². The summed E-state index contributed by atoms with van der Waals surface area (Å²) in [6.07, 6.45) is -3.96. The van der Waals surface area contributed by atoms with Crippen LogP contribution in [0.3, 0.4) is 0 Å². The van der Waals surface area contributed by atoms with Gasteiger partial charge in [-0.2, -0.15) is 9.83 Å². The van der Waals surface area contributed by atoms with E-state index in [1.165, 1.54) is 0 Å². The maximum atomic E-state index is 15.4. The number of benzene rings is 5. The van der Waals surface area contributed by atoms with Crippen molar-refractivity contribution in [2.24, 2.45) is 0 Å². The molecule has 66 heavy (non-hydrogen) atoms. The van der Waals surface area contributed by atoms with Crippen molar-refractivity contribution in [3.05, 3.63) is 182 Å². The first-order chi connectivity index (χ1) is 30.9. The first-order valence-corrected chi connectivity index (χ1v) is 17.3. The molecule has 5 aromatic carbocycles. The number of hydrogen-bond donors (Lipinski definition) is 0. The van der Waals surface area contributed by atoms with E-state index in [0.29, 0.717) is 11.1 Å². The van der Waals surface area contributed by atoms with Crippen LogP contribution in [0.2, 0.25) is 0 Å². The van der Waals surface area contributed by atoms with Crippen molar-refractivity contribution in [1.29, 1.82) is 5.26 Å². The lowest BCUT2D eigenvalue weighted by atomic mass is 9.12. The standard InChI is InChI=1S/C24BF20.C16H13N2O3/c26-5-1(6(27)14(35)21(42)13(5)34)25(2-7(28)15(36)22(43)16(37)8(2)29,3-9(30)17(38)23(44)18(39)10(3)31)4-11(32)19(40)24(45)20(41)12(4)33;17-8-11-21-16(20)14-6-9-18(10-7-14)12-15(19)13-4-2-1-3-5-13/h;1-7,9-10H,11-12H2/q-1;+1. The van der Waals surface area contributed by atoms with E-state index >= 15 is 35.1 Å². The molecule has 0 saturated heterocycles. The second kappa shape index (κ2) is 18.9. The lowest BCUT2D eigenvalue weighted by Crippen LogP contribution is -2.81. The Morgan fingerprint density at radius 2 is 0.697 bits per heavy atom. The van der Waals surface area contributed by atoms with E-state index in [-0.39, 0.29) is 18.9 Å². The molecule has 0 aliphatic heterocycles. The van der Waals surface area contributed by atoms with Gasteiger partial charge in [-0.3, -0.25) is 4.79 Å². The molecule has 0 fully saturated rings. The largest absolute Gasteiger partial charge is 0.447 e. The minimum Gasteiger partial charge on any atom is -0.447 e. The van der Waals surface area contributed by atoms with Gasteiger partial charge in [0.05, 0.1) is 5.56 Å². The van der Waals surface area contributed by atoms with Gasteiger partial charge >= 0.3 is 5.97 Å². The Kier molecular flexibility index (Phi) is 14.2. The van der Waals surface area contributed by atoms with Crippen molar-refractivity contribution in [2.75, 3.05) is 6.61 Å². The zero-order valence-electron chi connectivity index (χ0n) is 31.4. The molecule has 1 heterocycles. The van der Waals surface area contributed by atoms with Crippen LogP contribution >= 0.6 is 0 Å². The summed E-state index contributed by atoms with van der Waals surface area (Å²) in [6.45, 7) is -0.0856. The second-order valence-electron chi connectivity index (χ2n) is 13.1. The summed E-state index contributed by atoms with van der Waals surface area (Å²) in [5.74, 6) is -72.0. The maximum absolute atomic E-state index is 15.4. The molecule has 0 aliphatic rings. The van der Waals surface area contributed by atoms with E-state index < -0.39 is 150 Å². The van der Waals surface area contributed by atoms with Gasteiger partial charge in [0.25, 0.3) is 0 Å². The molecular weight excluding hydrogens is 947 g/mol. The van der Waals surface area contributed by atoms with Gasteiger partial charge in [0.2, 0.25) is 12.3 Å². The van der Waals surface area contributed by atoms with E-state index in [2.05, 4.69) is 0 Å². The van der Waals surface area contributed by atoms with Crippen LogP contribution in [0.1, 0.15) is 20.7 Å². The fourth-order valence-corrected chi connectivity index (χ4v) is 6.64. The number of halogens is 20. The molecule has 0 amide bonds. The Morgan fingerprint density at radius 3 is 0.970 bits per heavy atom. The molecule has 0 atom stereocenters. The number of hydrogen-bond acceptors (Lipinski definition) is 4. The Bertz CT molecular complexity index is 2620. The summed E-state index contributed by atoms with van der Waals surface area (Å²) in [4.78, 5) is 23.5. The fraction of sp³-hybridized carbons (Fsp3) is 0.0500. The molecule has 5 nitrogen and oxygen atoms in total. The van der Waals surface area contributed by atoms with Gasteiger partial charge in [-0.25, -0.2) is 92.6 Å². The van der Waals surface area contributed by atoms with Crippen LogP contribution in [0.15, 0.2) is 54.9 Å². The normalized spacial score (nSPS) is 11.3. The van der Waals surface area contributed by atoms with Crippen molar-refractivity contribution in [1.82, 2.24) is 0 Å². The van der Waals surface area contributed by atoms with E-state index in [9.17, 15) is 62.3 Å². The number of nitrogens with zero attached hydrogens (tertiary/aromatic N) is 2. The van der Waals surface area contributed by atoms with E-state index in [0.717, 1.165) is 0 Å². The molecule has 1 aromatic heterocycles. The quantitative estimate of drug-likeness (QED) is 0.0289. The maximum Gasteiger partial charge on any atom is 0.339 e. The van der Waals surface area contributed by atoms with Gasteiger partial charge in [-0.05, 0) is 0 Å². The number of carbonyl (C=O) groups excluding carboxylic acids is 2. The third kappa shape index (κ3) is 8.12. The topological polar surface area (TPSA) is 71.0 Å². The molecule has 344 valence electrons. The van der Waals surface area contributed by atoms with Crippen molar-refractivity contribution < 1.29 is 107 Å². The minimum absolute atomic E-state index is 0.0135. The van der Waals surface area contributed by atoms with Crippen LogP contribution in [0.4, 0.5) is 87.8 Å². The molecule has 0 bridgehead atoms. The fourth-order valence-electron chi connectivity index (χ4n) is 6.64. The number of carbonyl (C=O) groups is 2. The molecule has 6 rings (SSSR count). The van der Waals surface area contributed by atoms with Crippen LogP contribution in [0, 0.1) is 128 Å². The monoisotopic (exact) mass is 960 g/mol. The molecule has 6 aromatic rings. The first kappa shape index (κ1) is 49.6. The molecule has 0 radical (unpaired) electrons. The summed E-state index contributed by atoms with van der Waals surface area (Å²) in [5, 5.41) is 8.34. The zero-order valence-corrected chi connectivity index (χ0v) is 31.4. The molecule has 0 saturated carbocycles. The predicted molar refractivity (Wildman–Crippen MR) is 183 cm³/mol. The third-order valence-electron chi connectivity index (χ3n) is 9.52. The Hall–Kier alpha value is -7.46. The number of esters is 1. The number of ketones is 1. The lowest BCUT2D eigenvalue weighted by Gasteiger charge is -2.44. The highest BCUT2D eigenvalue weighted by Crippen LogP contribution is 2.30. The smallest absolute Gasteiger partial charge is 0.339 e. The lowest BCUT2D eigenvalue weighted by molar-refractivity contribution is -0.683.